The molecule has 2 N–H and O–H groups in total. The van der Waals surface area contributed by atoms with Crippen LogP contribution >= 0.6 is 0 Å². The van der Waals surface area contributed by atoms with Gasteiger partial charge in [-0.1, -0.05) is 54.6 Å². The van der Waals surface area contributed by atoms with Crippen molar-refractivity contribution in [3.63, 3.8) is 0 Å². The third-order valence-electron chi connectivity index (χ3n) is 4.34. The molecule has 0 radical (unpaired) electrons. The van der Waals surface area contributed by atoms with Gasteiger partial charge in [-0.15, -0.1) is 0 Å². The van der Waals surface area contributed by atoms with Gasteiger partial charge in [0.15, 0.2) is 0 Å². The summed E-state index contributed by atoms with van der Waals surface area (Å²) in [4.78, 5) is 0. The Hall–Kier alpha value is -2.23. The van der Waals surface area contributed by atoms with Gasteiger partial charge in [-0.3, -0.25) is 0 Å². The van der Waals surface area contributed by atoms with E-state index in [0.717, 1.165) is 16.5 Å². The van der Waals surface area contributed by atoms with Gasteiger partial charge < -0.3 is 10.4 Å². The summed E-state index contributed by atoms with van der Waals surface area (Å²) >= 11 is 0. The van der Waals surface area contributed by atoms with E-state index in [1.807, 2.05) is 19.2 Å². The number of likely N-dealkylation sites (N-methyl/N-ethyl adjacent to an activating group) is 1. The minimum Gasteiger partial charge on any atom is -0.396 e. The SMILES string of the molecule is CNC(c1ccc(F)cc1)[C@@H](CO)c1ccc2ccccc2c1. The molecule has 2 nitrogen and oxygen atoms in total. The van der Waals surface area contributed by atoms with Crippen LogP contribution in [0.2, 0.25) is 0 Å². The van der Waals surface area contributed by atoms with Crippen LogP contribution in [0.1, 0.15) is 23.1 Å². The van der Waals surface area contributed by atoms with Gasteiger partial charge >= 0.3 is 0 Å². The first-order chi connectivity index (χ1) is 11.2. The molecule has 0 aromatic heterocycles. The average molecular weight is 309 g/mol. The summed E-state index contributed by atoms with van der Waals surface area (Å²) in [6.45, 7) is 0.0151. The third kappa shape index (κ3) is 3.26. The van der Waals surface area contributed by atoms with Crippen LogP contribution in [0.15, 0.2) is 66.7 Å². The molecule has 3 heteroatoms. The molecule has 2 atom stereocenters. The number of aliphatic hydroxyl groups is 1. The molecule has 3 aromatic rings. The molecular weight excluding hydrogens is 289 g/mol. The second-order valence-electron chi connectivity index (χ2n) is 5.71. The van der Waals surface area contributed by atoms with Gasteiger partial charge in [-0.05, 0) is 41.1 Å². The normalized spacial score (nSPS) is 13.9. The molecular formula is C20H20FNO. The maximum atomic E-state index is 13.2. The van der Waals surface area contributed by atoms with Crippen LogP contribution in [0.5, 0.6) is 0 Å². The molecule has 3 aromatic carbocycles. The second-order valence-corrected chi connectivity index (χ2v) is 5.71. The Morgan fingerprint density at radius 1 is 0.913 bits per heavy atom. The number of nitrogens with one attached hydrogen (secondary N) is 1. The fraction of sp³-hybridized carbons (Fsp3) is 0.200. The molecule has 0 fully saturated rings. The number of halogens is 1. The van der Waals surface area contributed by atoms with Crippen molar-refractivity contribution in [2.45, 2.75) is 12.0 Å². The van der Waals surface area contributed by atoms with Gasteiger partial charge in [0.05, 0.1) is 6.61 Å². The highest BCUT2D eigenvalue weighted by molar-refractivity contribution is 5.83. The lowest BCUT2D eigenvalue weighted by molar-refractivity contribution is 0.239. The highest BCUT2D eigenvalue weighted by Crippen LogP contribution is 2.32. The van der Waals surface area contributed by atoms with Crippen LogP contribution in [0, 0.1) is 5.82 Å². The third-order valence-corrected chi connectivity index (χ3v) is 4.34. The van der Waals surface area contributed by atoms with E-state index in [0.29, 0.717) is 0 Å². The number of rotatable bonds is 5. The summed E-state index contributed by atoms with van der Waals surface area (Å²) in [5, 5.41) is 15.5. The molecule has 118 valence electrons. The maximum Gasteiger partial charge on any atom is 0.123 e. The number of aliphatic hydroxyl groups excluding tert-OH is 1. The minimum absolute atomic E-state index is 0.0151. The molecule has 0 aliphatic rings. The summed E-state index contributed by atoms with van der Waals surface area (Å²) in [6, 6.07) is 20.8. The van der Waals surface area contributed by atoms with Crippen LogP contribution in [-0.2, 0) is 0 Å². The summed E-state index contributed by atoms with van der Waals surface area (Å²) in [7, 11) is 1.86. The Morgan fingerprint density at radius 2 is 1.57 bits per heavy atom. The highest BCUT2D eigenvalue weighted by Gasteiger charge is 2.23. The number of hydrogen-bond acceptors (Lipinski definition) is 2. The molecule has 0 saturated heterocycles. The lowest BCUT2D eigenvalue weighted by Crippen LogP contribution is -2.26. The Labute approximate surface area is 135 Å². The standard InChI is InChI=1S/C20H20FNO/c1-22-20(15-8-10-18(21)11-9-15)19(13-23)17-7-6-14-4-2-3-5-16(14)12-17/h2-12,19-20,22-23H,13H2,1H3/t19-,20?/m0/s1. The largest absolute Gasteiger partial charge is 0.396 e. The van der Waals surface area contributed by atoms with E-state index in [-0.39, 0.29) is 24.4 Å². The minimum atomic E-state index is -0.255. The van der Waals surface area contributed by atoms with E-state index in [1.54, 1.807) is 12.1 Å². The summed E-state index contributed by atoms with van der Waals surface area (Å²) < 4.78 is 13.2. The predicted octanol–water partition coefficient (Wildman–Crippen LogP) is 4.02. The average Bonchev–Trinajstić information content (AvgIpc) is 2.60. The van der Waals surface area contributed by atoms with E-state index in [1.165, 1.54) is 17.5 Å². The van der Waals surface area contributed by atoms with Gasteiger partial charge in [-0.25, -0.2) is 4.39 Å². The van der Waals surface area contributed by atoms with Crippen molar-refractivity contribution in [2.75, 3.05) is 13.7 Å². The van der Waals surface area contributed by atoms with Gasteiger partial charge in [0.1, 0.15) is 5.82 Å². The molecule has 0 spiro atoms. The Bertz CT molecular complexity index is 785. The van der Waals surface area contributed by atoms with E-state index < -0.39 is 0 Å². The zero-order chi connectivity index (χ0) is 16.2. The van der Waals surface area contributed by atoms with Crippen molar-refractivity contribution < 1.29 is 9.50 Å². The smallest absolute Gasteiger partial charge is 0.123 e. The molecule has 0 heterocycles. The van der Waals surface area contributed by atoms with Gasteiger partial charge in [0, 0.05) is 12.0 Å². The predicted molar refractivity (Wildman–Crippen MR) is 92.0 cm³/mol. The Kier molecular flexibility index (Phi) is 4.70. The lowest BCUT2D eigenvalue weighted by Gasteiger charge is -2.26. The quantitative estimate of drug-likeness (QED) is 0.746. The van der Waals surface area contributed by atoms with Gasteiger partial charge in [-0.2, -0.15) is 0 Å². The first kappa shape index (κ1) is 15.7. The number of benzene rings is 3. The molecule has 1 unspecified atom stereocenters. The lowest BCUT2D eigenvalue weighted by atomic mass is 9.86. The monoisotopic (exact) mass is 309 g/mol. The molecule has 0 aliphatic carbocycles. The van der Waals surface area contributed by atoms with Crippen molar-refractivity contribution in [3.05, 3.63) is 83.7 Å². The van der Waals surface area contributed by atoms with Crippen molar-refractivity contribution in [1.29, 1.82) is 0 Å². The number of fused-ring (bicyclic) bond motifs is 1. The van der Waals surface area contributed by atoms with Gasteiger partial charge in [0.2, 0.25) is 0 Å². The molecule has 0 bridgehead atoms. The first-order valence-corrected chi connectivity index (χ1v) is 7.75. The van der Waals surface area contributed by atoms with E-state index in [4.69, 9.17) is 0 Å². The summed E-state index contributed by atoms with van der Waals surface area (Å²) in [6.07, 6.45) is 0. The van der Waals surface area contributed by atoms with E-state index in [2.05, 4.69) is 35.6 Å². The fourth-order valence-corrected chi connectivity index (χ4v) is 3.11. The maximum absolute atomic E-state index is 13.2. The Balaban J connectivity index is 1.99. The van der Waals surface area contributed by atoms with Crippen LogP contribution in [0.25, 0.3) is 10.8 Å². The highest BCUT2D eigenvalue weighted by atomic mass is 19.1. The molecule has 3 rings (SSSR count). The first-order valence-electron chi connectivity index (χ1n) is 7.75. The molecule has 0 amide bonds. The van der Waals surface area contributed by atoms with E-state index >= 15 is 0 Å². The second kappa shape index (κ2) is 6.90. The topological polar surface area (TPSA) is 32.3 Å². The Morgan fingerprint density at radius 3 is 2.22 bits per heavy atom. The summed E-state index contributed by atoms with van der Waals surface area (Å²) in [5.41, 5.74) is 2.02. The van der Waals surface area contributed by atoms with E-state index in [9.17, 15) is 9.50 Å². The van der Waals surface area contributed by atoms with Crippen LogP contribution < -0.4 is 5.32 Å². The van der Waals surface area contributed by atoms with Crippen molar-refractivity contribution in [3.8, 4) is 0 Å². The van der Waals surface area contributed by atoms with Gasteiger partial charge in [0.25, 0.3) is 0 Å². The van der Waals surface area contributed by atoms with Crippen LogP contribution in [0.4, 0.5) is 4.39 Å². The van der Waals surface area contributed by atoms with Crippen molar-refractivity contribution >= 4 is 10.8 Å². The number of hydrogen-bond donors (Lipinski definition) is 2. The summed E-state index contributed by atoms with van der Waals surface area (Å²) in [5.74, 6) is -0.357. The van der Waals surface area contributed by atoms with Crippen LogP contribution in [0.3, 0.4) is 0 Å². The zero-order valence-electron chi connectivity index (χ0n) is 13.0. The van der Waals surface area contributed by atoms with Crippen LogP contribution in [-0.4, -0.2) is 18.8 Å². The fourth-order valence-electron chi connectivity index (χ4n) is 3.11. The molecule has 23 heavy (non-hydrogen) atoms. The molecule has 0 saturated carbocycles. The molecule has 0 aliphatic heterocycles. The van der Waals surface area contributed by atoms with Crippen molar-refractivity contribution in [1.82, 2.24) is 5.32 Å². The zero-order valence-corrected chi connectivity index (χ0v) is 13.0. The van der Waals surface area contributed by atoms with Crippen molar-refractivity contribution in [2.24, 2.45) is 0 Å².